The van der Waals surface area contributed by atoms with Crippen molar-refractivity contribution in [2.45, 2.75) is 13.8 Å². The predicted molar refractivity (Wildman–Crippen MR) is 69.9 cm³/mol. The Morgan fingerprint density at radius 1 is 0.737 bits per heavy atom. The van der Waals surface area contributed by atoms with Gasteiger partial charge in [-0.25, -0.2) is 0 Å². The first-order chi connectivity index (χ1) is 8.91. The van der Waals surface area contributed by atoms with E-state index < -0.39 is 0 Å². The van der Waals surface area contributed by atoms with E-state index in [9.17, 15) is 20.4 Å². The highest BCUT2D eigenvalue weighted by Gasteiger charge is 2.21. The fourth-order valence-corrected chi connectivity index (χ4v) is 2.44. The van der Waals surface area contributed by atoms with Crippen molar-refractivity contribution in [3.63, 3.8) is 0 Å². The van der Waals surface area contributed by atoms with Gasteiger partial charge in [-0.2, -0.15) is 0 Å². The van der Waals surface area contributed by atoms with Gasteiger partial charge in [-0.3, -0.25) is 0 Å². The van der Waals surface area contributed by atoms with Crippen molar-refractivity contribution < 1.29 is 24.8 Å². The highest BCUT2D eigenvalue weighted by atomic mass is 16.4. The summed E-state index contributed by atoms with van der Waals surface area (Å²) in [5, 5.41) is 40.1. The largest absolute Gasteiger partial charge is 0.504 e. The average molecular weight is 260 g/mol. The Morgan fingerprint density at radius 3 is 1.47 bits per heavy atom. The van der Waals surface area contributed by atoms with Crippen LogP contribution in [0.1, 0.15) is 11.1 Å². The Kier molecular flexibility index (Phi) is 2.11. The van der Waals surface area contributed by atoms with Gasteiger partial charge in [0, 0.05) is 10.8 Å². The Balaban J connectivity index is 2.68. The second kappa shape index (κ2) is 3.47. The van der Waals surface area contributed by atoms with Gasteiger partial charge >= 0.3 is 0 Å². The highest BCUT2D eigenvalue weighted by Crippen LogP contribution is 2.47. The molecular weight excluding hydrogens is 248 g/mol. The third-order valence-electron chi connectivity index (χ3n) is 3.32. The van der Waals surface area contributed by atoms with Crippen molar-refractivity contribution in [1.29, 1.82) is 0 Å². The standard InChI is InChI=1S/C14H12O5/c1-5-3-7(15)11(17)13-9(5)10-6(2)4-8(16)12(18)14(10)19-13/h3-4,15-18H,1-2H3. The molecule has 0 radical (unpaired) electrons. The van der Waals surface area contributed by atoms with Gasteiger partial charge in [0.1, 0.15) is 0 Å². The van der Waals surface area contributed by atoms with E-state index in [2.05, 4.69) is 0 Å². The van der Waals surface area contributed by atoms with Gasteiger partial charge in [0.05, 0.1) is 0 Å². The maximum Gasteiger partial charge on any atom is 0.201 e. The highest BCUT2D eigenvalue weighted by molar-refractivity contribution is 6.12. The molecule has 0 unspecified atom stereocenters. The normalized spacial score (nSPS) is 11.5. The van der Waals surface area contributed by atoms with Gasteiger partial charge in [-0.1, -0.05) is 0 Å². The van der Waals surface area contributed by atoms with Gasteiger partial charge in [0.15, 0.2) is 22.7 Å². The molecular formula is C14H12O5. The molecule has 1 aromatic heterocycles. The second-order valence-electron chi connectivity index (χ2n) is 4.63. The molecule has 0 fully saturated rings. The van der Waals surface area contributed by atoms with Gasteiger partial charge in [0.25, 0.3) is 0 Å². The van der Waals surface area contributed by atoms with Crippen LogP contribution in [0.25, 0.3) is 21.9 Å². The molecule has 0 aliphatic rings. The molecule has 0 aliphatic carbocycles. The lowest BCUT2D eigenvalue weighted by Gasteiger charge is -2.03. The Bertz CT molecular complexity index is 761. The van der Waals surface area contributed by atoms with Crippen LogP contribution in [-0.2, 0) is 0 Å². The minimum atomic E-state index is -0.380. The smallest absolute Gasteiger partial charge is 0.201 e. The third-order valence-corrected chi connectivity index (χ3v) is 3.32. The van der Waals surface area contributed by atoms with Gasteiger partial charge in [0.2, 0.25) is 11.5 Å². The first kappa shape index (κ1) is 11.5. The van der Waals surface area contributed by atoms with Crippen LogP contribution in [0.5, 0.6) is 23.0 Å². The summed E-state index contributed by atoms with van der Waals surface area (Å²) in [5.41, 5.74) is 1.60. The average Bonchev–Trinajstić information content (AvgIpc) is 2.75. The molecule has 0 amide bonds. The maximum atomic E-state index is 9.85. The van der Waals surface area contributed by atoms with E-state index in [1.807, 2.05) is 0 Å². The molecule has 0 saturated carbocycles. The summed E-state index contributed by atoms with van der Waals surface area (Å²) >= 11 is 0. The van der Waals surface area contributed by atoms with Crippen molar-refractivity contribution in [3.8, 4) is 23.0 Å². The predicted octanol–water partition coefficient (Wildman–Crippen LogP) is 3.03. The van der Waals surface area contributed by atoms with Crippen LogP contribution in [0.4, 0.5) is 0 Å². The summed E-state index contributed by atoms with van der Waals surface area (Å²) in [6.07, 6.45) is 0. The molecule has 5 heteroatoms. The fraction of sp³-hybridized carbons (Fsp3) is 0.143. The van der Waals surface area contributed by atoms with E-state index >= 15 is 0 Å². The van der Waals surface area contributed by atoms with Crippen LogP contribution >= 0.6 is 0 Å². The van der Waals surface area contributed by atoms with E-state index in [1.165, 1.54) is 12.1 Å². The number of aromatic hydroxyl groups is 4. The lowest BCUT2D eigenvalue weighted by molar-refractivity contribution is 0.395. The van der Waals surface area contributed by atoms with E-state index in [1.54, 1.807) is 13.8 Å². The molecule has 0 aliphatic heterocycles. The first-order valence-corrected chi connectivity index (χ1v) is 5.71. The number of benzene rings is 2. The van der Waals surface area contributed by atoms with Crippen LogP contribution in [0.3, 0.4) is 0 Å². The zero-order valence-electron chi connectivity index (χ0n) is 10.4. The summed E-state index contributed by atoms with van der Waals surface area (Å²) in [4.78, 5) is 0. The van der Waals surface area contributed by atoms with Gasteiger partial charge < -0.3 is 24.8 Å². The van der Waals surface area contributed by atoms with Crippen LogP contribution in [0, 0.1) is 13.8 Å². The lowest BCUT2D eigenvalue weighted by Crippen LogP contribution is -1.80. The van der Waals surface area contributed by atoms with Crippen molar-refractivity contribution in [3.05, 3.63) is 23.3 Å². The monoisotopic (exact) mass is 260 g/mol. The van der Waals surface area contributed by atoms with Crippen LogP contribution in [0.2, 0.25) is 0 Å². The number of furan rings is 1. The maximum absolute atomic E-state index is 9.85. The van der Waals surface area contributed by atoms with Crippen molar-refractivity contribution in [1.82, 2.24) is 0 Å². The second-order valence-corrected chi connectivity index (χ2v) is 4.63. The molecule has 0 atom stereocenters. The molecule has 2 aromatic carbocycles. The number of hydrogen-bond acceptors (Lipinski definition) is 5. The SMILES string of the molecule is Cc1cc(O)c(O)c2oc3c(O)c(O)cc(C)c3c12. The molecule has 0 bridgehead atoms. The van der Waals surface area contributed by atoms with Crippen molar-refractivity contribution in [2.24, 2.45) is 0 Å². The summed E-state index contributed by atoms with van der Waals surface area (Å²) in [6.45, 7) is 3.53. The zero-order chi connectivity index (χ0) is 13.9. The minimum Gasteiger partial charge on any atom is -0.504 e. The molecule has 0 spiro atoms. The van der Waals surface area contributed by atoms with Crippen LogP contribution in [0.15, 0.2) is 16.5 Å². The molecule has 4 N–H and O–H groups in total. The molecule has 98 valence electrons. The van der Waals surface area contributed by atoms with Crippen LogP contribution < -0.4 is 0 Å². The number of fused-ring (bicyclic) bond motifs is 3. The number of aryl methyl sites for hydroxylation is 2. The lowest BCUT2D eigenvalue weighted by atomic mass is 10.0. The Hall–Kier alpha value is -2.56. The van der Waals surface area contributed by atoms with Crippen molar-refractivity contribution >= 4 is 21.9 Å². The minimum absolute atomic E-state index is 0.0940. The Morgan fingerprint density at radius 2 is 1.11 bits per heavy atom. The number of hydrogen-bond donors (Lipinski definition) is 4. The molecule has 19 heavy (non-hydrogen) atoms. The summed E-state index contributed by atoms with van der Waals surface area (Å²) < 4.78 is 5.42. The summed E-state index contributed by atoms with van der Waals surface area (Å²) in [7, 11) is 0. The summed E-state index contributed by atoms with van der Waals surface area (Å²) in [5.74, 6) is -1.33. The molecule has 3 rings (SSSR count). The van der Waals surface area contributed by atoms with E-state index in [0.717, 1.165) is 0 Å². The zero-order valence-corrected chi connectivity index (χ0v) is 10.4. The molecule has 0 saturated heterocycles. The topological polar surface area (TPSA) is 94.1 Å². The fourth-order valence-electron chi connectivity index (χ4n) is 2.44. The summed E-state index contributed by atoms with van der Waals surface area (Å²) in [6, 6.07) is 2.85. The van der Waals surface area contributed by atoms with E-state index in [-0.39, 0.29) is 34.2 Å². The molecule has 1 heterocycles. The first-order valence-electron chi connectivity index (χ1n) is 5.71. The third kappa shape index (κ3) is 1.35. The molecule has 3 aromatic rings. The quantitative estimate of drug-likeness (QED) is 0.466. The number of rotatable bonds is 0. The van der Waals surface area contributed by atoms with Crippen LogP contribution in [-0.4, -0.2) is 20.4 Å². The Labute approximate surface area is 107 Å². The molecule has 5 nitrogen and oxygen atoms in total. The number of phenols is 4. The van der Waals surface area contributed by atoms with Gasteiger partial charge in [-0.15, -0.1) is 0 Å². The van der Waals surface area contributed by atoms with Crippen molar-refractivity contribution in [2.75, 3.05) is 0 Å². The van der Waals surface area contributed by atoms with E-state index in [0.29, 0.717) is 21.9 Å². The van der Waals surface area contributed by atoms with E-state index in [4.69, 9.17) is 4.42 Å². The number of phenolic OH excluding ortho intramolecular Hbond substituents is 4. The van der Waals surface area contributed by atoms with Gasteiger partial charge in [-0.05, 0) is 37.1 Å².